The molecule has 21 heavy (non-hydrogen) atoms. The minimum atomic E-state index is -4.34. The Morgan fingerprint density at radius 2 is 1.90 bits per heavy atom. The number of aromatic nitrogens is 3. The lowest BCUT2D eigenvalue weighted by Gasteiger charge is -2.08. The van der Waals surface area contributed by atoms with Crippen molar-refractivity contribution in [1.29, 1.82) is 0 Å². The number of nitrogens with zero attached hydrogens (tertiary/aromatic N) is 3. The molecule has 0 unspecified atom stereocenters. The molecule has 1 aromatic carbocycles. The van der Waals surface area contributed by atoms with Crippen LogP contribution in [0.1, 0.15) is 36.0 Å². The van der Waals surface area contributed by atoms with Crippen molar-refractivity contribution in [2.24, 2.45) is 0 Å². The Balaban J connectivity index is 1.95. The van der Waals surface area contributed by atoms with Gasteiger partial charge in [0.05, 0.1) is 11.3 Å². The predicted octanol–water partition coefficient (Wildman–Crippen LogP) is 3.31. The van der Waals surface area contributed by atoms with Crippen LogP contribution < -0.4 is 0 Å². The van der Waals surface area contributed by atoms with Gasteiger partial charge in [-0.25, -0.2) is 9.67 Å². The second kappa shape index (κ2) is 5.14. The third-order valence-corrected chi connectivity index (χ3v) is 3.35. The van der Waals surface area contributed by atoms with Gasteiger partial charge in [-0.15, -0.1) is 0 Å². The van der Waals surface area contributed by atoms with Crippen LogP contribution in [0.25, 0.3) is 5.69 Å². The van der Waals surface area contributed by atoms with E-state index in [1.54, 1.807) is 11.8 Å². The molecule has 112 valence electrons. The highest BCUT2D eigenvalue weighted by molar-refractivity contribution is 5.36. The molecule has 1 heterocycles. The Bertz CT molecular complexity index is 630. The molecule has 1 saturated carbocycles. The maximum absolute atomic E-state index is 12.6. The van der Waals surface area contributed by atoms with E-state index in [2.05, 4.69) is 10.1 Å². The second-order valence-corrected chi connectivity index (χ2v) is 5.05. The number of hydrogen-bond donors (Lipinski definition) is 0. The molecule has 0 atom stereocenters. The Hall–Kier alpha value is -1.89. The maximum atomic E-state index is 12.6. The van der Waals surface area contributed by atoms with E-state index < -0.39 is 11.7 Å². The van der Waals surface area contributed by atoms with E-state index in [4.69, 9.17) is 4.74 Å². The fraction of sp³-hybridized carbons (Fsp3) is 0.429. The fourth-order valence-electron chi connectivity index (χ4n) is 2.10. The van der Waals surface area contributed by atoms with E-state index in [9.17, 15) is 13.2 Å². The van der Waals surface area contributed by atoms with Crippen LogP contribution in [-0.2, 0) is 17.5 Å². The number of alkyl halides is 3. The Morgan fingerprint density at radius 1 is 1.24 bits per heavy atom. The number of benzene rings is 1. The Labute approximate surface area is 119 Å². The zero-order valence-electron chi connectivity index (χ0n) is 11.4. The smallest absolute Gasteiger partial charge is 0.377 e. The van der Waals surface area contributed by atoms with E-state index in [0.717, 1.165) is 30.8 Å². The summed E-state index contributed by atoms with van der Waals surface area (Å²) in [5, 5.41) is 4.40. The maximum Gasteiger partial charge on any atom is 0.416 e. The zero-order chi connectivity index (χ0) is 15.0. The highest BCUT2D eigenvalue weighted by Gasteiger charge is 2.31. The molecule has 1 fully saturated rings. The van der Waals surface area contributed by atoms with Crippen LogP contribution in [-0.4, -0.2) is 21.9 Å². The van der Waals surface area contributed by atoms with Gasteiger partial charge in [0.1, 0.15) is 6.61 Å². The number of hydrogen-bond acceptors (Lipinski definition) is 3. The average Bonchev–Trinajstić information content (AvgIpc) is 3.20. The van der Waals surface area contributed by atoms with E-state index >= 15 is 0 Å². The van der Waals surface area contributed by atoms with Crippen molar-refractivity contribution < 1.29 is 17.9 Å². The third kappa shape index (κ3) is 2.92. The summed E-state index contributed by atoms with van der Waals surface area (Å²) in [4.78, 5) is 4.41. The summed E-state index contributed by atoms with van der Waals surface area (Å²) >= 11 is 0. The van der Waals surface area contributed by atoms with Crippen LogP contribution in [0.4, 0.5) is 13.2 Å². The molecule has 0 amide bonds. The first-order chi connectivity index (χ1) is 9.99. The molecule has 2 aromatic rings. The summed E-state index contributed by atoms with van der Waals surface area (Å²) in [5.41, 5.74) is -0.128. The van der Waals surface area contributed by atoms with Crippen molar-refractivity contribution in [2.45, 2.75) is 31.5 Å². The lowest BCUT2D eigenvalue weighted by atomic mass is 10.2. The van der Waals surface area contributed by atoms with Crippen molar-refractivity contribution in [2.75, 3.05) is 7.11 Å². The lowest BCUT2D eigenvalue weighted by molar-refractivity contribution is -0.137. The average molecular weight is 297 g/mol. The molecule has 3 rings (SSSR count). The minimum Gasteiger partial charge on any atom is -0.377 e. The van der Waals surface area contributed by atoms with Crippen molar-refractivity contribution in [3.05, 3.63) is 41.5 Å². The number of ether oxygens (including phenoxy) is 1. The van der Waals surface area contributed by atoms with Gasteiger partial charge in [-0.05, 0) is 37.1 Å². The first-order valence-electron chi connectivity index (χ1n) is 6.61. The number of methoxy groups -OCH3 is 1. The molecule has 0 radical (unpaired) electrons. The van der Waals surface area contributed by atoms with Crippen molar-refractivity contribution in [1.82, 2.24) is 14.8 Å². The molecule has 1 aromatic heterocycles. The summed E-state index contributed by atoms with van der Waals surface area (Å²) in [5.74, 6) is 1.71. The van der Waals surface area contributed by atoms with Crippen molar-refractivity contribution >= 4 is 0 Å². The third-order valence-electron chi connectivity index (χ3n) is 3.35. The van der Waals surface area contributed by atoms with Crippen molar-refractivity contribution in [3.8, 4) is 5.69 Å². The van der Waals surface area contributed by atoms with Crippen LogP contribution in [0.15, 0.2) is 24.3 Å². The quantitative estimate of drug-likeness (QED) is 0.869. The van der Waals surface area contributed by atoms with Gasteiger partial charge in [0.15, 0.2) is 11.6 Å². The molecule has 0 N–H and O–H groups in total. The normalized spacial score (nSPS) is 15.4. The molecule has 0 saturated heterocycles. The number of halogens is 3. The highest BCUT2D eigenvalue weighted by Crippen LogP contribution is 2.38. The topological polar surface area (TPSA) is 39.9 Å². The van der Waals surface area contributed by atoms with E-state index in [1.165, 1.54) is 12.1 Å². The zero-order valence-corrected chi connectivity index (χ0v) is 11.4. The molecule has 7 heteroatoms. The van der Waals surface area contributed by atoms with E-state index in [1.807, 2.05) is 0 Å². The monoisotopic (exact) mass is 297 g/mol. The van der Waals surface area contributed by atoms with Crippen LogP contribution in [0.3, 0.4) is 0 Å². The summed E-state index contributed by atoms with van der Waals surface area (Å²) in [6.07, 6.45) is -2.22. The lowest BCUT2D eigenvalue weighted by Crippen LogP contribution is -2.07. The van der Waals surface area contributed by atoms with Gasteiger partial charge in [-0.3, -0.25) is 0 Å². The first kappa shape index (κ1) is 14.1. The molecule has 1 aliphatic carbocycles. The van der Waals surface area contributed by atoms with Gasteiger partial charge in [0.25, 0.3) is 0 Å². The summed E-state index contributed by atoms with van der Waals surface area (Å²) in [6, 6.07) is 4.88. The molecule has 0 bridgehead atoms. The molecule has 4 nitrogen and oxygen atoms in total. The Morgan fingerprint density at radius 3 is 2.43 bits per heavy atom. The first-order valence-corrected chi connectivity index (χ1v) is 6.61. The van der Waals surface area contributed by atoms with E-state index in [0.29, 0.717) is 17.4 Å². The molecule has 1 aliphatic rings. The summed E-state index contributed by atoms with van der Waals surface area (Å²) in [6.45, 7) is 0.265. The summed E-state index contributed by atoms with van der Waals surface area (Å²) < 4.78 is 44.4. The van der Waals surface area contributed by atoms with Gasteiger partial charge in [0, 0.05) is 13.0 Å². The van der Waals surface area contributed by atoms with Gasteiger partial charge in [0.2, 0.25) is 0 Å². The van der Waals surface area contributed by atoms with Gasteiger partial charge < -0.3 is 4.74 Å². The predicted molar refractivity (Wildman–Crippen MR) is 69.0 cm³/mol. The van der Waals surface area contributed by atoms with Gasteiger partial charge in [-0.1, -0.05) is 0 Å². The van der Waals surface area contributed by atoms with Crippen LogP contribution in [0.5, 0.6) is 0 Å². The summed E-state index contributed by atoms with van der Waals surface area (Å²) in [7, 11) is 1.54. The SMILES string of the molecule is COCc1nc(C2CC2)nn1-c1ccc(C(F)(F)F)cc1. The minimum absolute atomic E-state index is 0.265. The fourth-order valence-corrected chi connectivity index (χ4v) is 2.10. The van der Waals surface area contributed by atoms with Gasteiger partial charge >= 0.3 is 6.18 Å². The van der Waals surface area contributed by atoms with Crippen LogP contribution >= 0.6 is 0 Å². The Kier molecular flexibility index (Phi) is 3.44. The van der Waals surface area contributed by atoms with Crippen LogP contribution in [0, 0.1) is 0 Å². The highest BCUT2D eigenvalue weighted by atomic mass is 19.4. The van der Waals surface area contributed by atoms with Gasteiger partial charge in [-0.2, -0.15) is 18.3 Å². The number of rotatable bonds is 4. The molecular formula is C14H14F3N3O. The largest absolute Gasteiger partial charge is 0.416 e. The molecular weight excluding hydrogens is 283 g/mol. The standard InChI is InChI=1S/C14H14F3N3O/c1-21-8-12-18-13(9-2-3-9)19-20(12)11-6-4-10(5-7-11)14(15,16)17/h4-7,9H,2-3,8H2,1H3. The van der Waals surface area contributed by atoms with Crippen LogP contribution in [0.2, 0.25) is 0 Å². The van der Waals surface area contributed by atoms with E-state index in [-0.39, 0.29) is 6.61 Å². The second-order valence-electron chi connectivity index (χ2n) is 5.05. The van der Waals surface area contributed by atoms with Crippen molar-refractivity contribution in [3.63, 3.8) is 0 Å². The molecule has 0 spiro atoms. The molecule has 0 aliphatic heterocycles.